The molecule has 0 saturated carbocycles. The normalized spacial score (nSPS) is 11.1. The van der Waals surface area contributed by atoms with E-state index in [1.54, 1.807) is 4.90 Å². The Morgan fingerprint density at radius 2 is 1.82 bits per heavy atom. The molecule has 2 nitrogen and oxygen atoms in total. The van der Waals surface area contributed by atoms with Crippen molar-refractivity contribution in [2.24, 2.45) is 4.99 Å². The van der Waals surface area contributed by atoms with Gasteiger partial charge in [0.15, 0.2) is 0 Å². The Morgan fingerprint density at radius 3 is 2.50 bits per heavy atom. The second-order valence-electron chi connectivity index (χ2n) is 5.32. The van der Waals surface area contributed by atoms with E-state index < -0.39 is 11.6 Å². The molecule has 0 amide bonds. The van der Waals surface area contributed by atoms with Gasteiger partial charge in [-0.1, -0.05) is 24.3 Å². The number of hydrogen-bond acceptors (Lipinski definition) is 1. The highest BCUT2D eigenvalue weighted by Gasteiger charge is 2.11. The van der Waals surface area contributed by atoms with Crippen molar-refractivity contribution in [3.05, 3.63) is 64.7 Å². The number of nitrogens with zero attached hydrogens (tertiary/aromatic N) is 2. The van der Waals surface area contributed by atoms with Gasteiger partial charge in [-0.05, 0) is 36.6 Å². The van der Waals surface area contributed by atoms with Crippen LogP contribution in [0.4, 0.5) is 14.5 Å². The minimum Gasteiger partial charge on any atom is -0.366 e. The highest BCUT2D eigenvalue weighted by Crippen LogP contribution is 2.24. The van der Waals surface area contributed by atoms with E-state index in [0.29, 0.717) is 12.0 Å². The number of hydrogen-bond donors (Lipinski definition) is 0. The van der Waals surface area contributed by atoms with E-state index in [2.05, 4.69) is 4.99 Å². The minimum atomic E-state index is -0.509. The summed E-state index contributed by atoms with van der Waals surface area (Å²) in [5.41, 5.74) is 2.41. The SMILES string of the molecule is CCN(C)C=Nc1cc(F)c(Cc2ccccc2C)cc1F. The number of aryl methyl sites for hydroxylation is 1. The molecular weight excluding hydrogens is 282 g/mol. The fraction of sp³-hybridized carbons (Fsp3) is 0.278. The first kappa shape index (κ1) is 16.1. The molecule has 2 aromatic carbocycles. The van der Waals surface area contributed by atoms with Crippen LogP contribution in [0.3, 0.4) is 0 Å². The van der Waals surface area contributed by atoms with Crippen LogP contribution in [0.1, 0.15) is 23.6 Å². The van der Waals surface area contributed by atoms with Gasteiger partial charge < -0.3 is 4.90 Å². The minimum absolute atomic E-state index is 0.0198. The molecule has 22 heavy (non-hydrogen) atoms. The van der Waals surface area contributed by atoms with Gasteiger partial charge in [0.1, 0.15) is 17.3 Å². The quantitative estimate of drug-likeness (QED) is 0.587. The predicted molar refractivity (Wildman–Crippen MR) is 86.8 cm³/mol. The van der Waals surface area contributed by atoms with Crippen molar-refractivity contribution in [2.75, 3.05) is 13.6 Å². The summed E-state index contributed by atoms with van der Waals surface area (Å²) < 4.78 is 28.3. The largest absolute Gasteiger partial charge is 0.366 e. The van der Waals surface area contributed by atoms with Crippen molar-refractivity contribution < 1.29 is 8.78 Å². The third-order valence-corrected chi connectivity index (χ3v) is 3.65. The smallest absolute Gasteiger partial charge is 0.149 e. The lowest BCUT2D eigenvalue weighted by molar-refractivity contribution is 0.550. The Hall–Kier alpha value is -2.23. The summed E-state index contributed by atoms with van der Waals surface area (Å²) in [7, 11) is 1.82. The van der Waals surface area contributed by atoms with Crippen molar-refractivity contribution in [3.63, 3.8) is 0 Å². The van der Waals surface area contributed by atoms with Crippen LogP contribution in [0.25, 0.3) is 0 Å². The maximum Gasteiger partial charge on any atom is 0.149 e. The van der Waals surface area contributed by atoms with Gasteiger partial charge in [0.2, 0.25) is 0 Å². The zero-order chi connectivity index (χ0) is 16.1. The van der Waals surface area contributed by atoms with Gasteiger partial charge >= 0.3 is 0 Å². The summed E-state index contributed by atoms with van der Waals surface area (Å²) in [6.45, 7) is 4.66. The molecule has 0 fully saturated rings. The molecule has 0 saturated heterocycles. The fourth-order valence-electron chi connectivity index (χ4n) is 2.07. The average molecular weight is 302 g/mol. The van der Waals surface area contributed by atoms with Crippen molar-refractivity contribution in [1.29, 1.82) is 0 Å². The molecule has 0 aromatic heterocycles. The lowest BCUT2D eigenvalue weighted by Crippen LogP contribution is -2.14. The van der Waals surface area contributed by atoms with E-state index >= 15 is 0 Å². The van der Waals surface area contributed by atoms with Crippen LogP contribution in [-0.4, -0.2) is 24.8 Å². The molecule has 0 radical (unpaired) electrons. The predicted octanol–water partition coefficient (Wildman–Crippen LogP) is 4.48. The molecule has 0 N–H and O–H groups in total. The second kappa shape index (κ2) is 7.16. The Kier molecular flexibility index (Phi) is 5.26. The average Bonchev–Trinajstić information content (AvgIpc) is 2.51. The Bertz CT molecular complexity index is 681. The van der Waals surface area contributed by atoms with Crippen molar-refractivity contribution in [3.8, 4) is 0 Å². The number of benzene rings is 2. The van der Waals surface area contributed by atoms with Crippen LogP contribution < -0.4 is 0 Å². The highest BCUT2D eigenvalue weighted by molar-refractivity contribution is 5.61. The zero-order valence-electron chi connectivity index (χ0n) is 13.1. The molecule has 116 valence electrons. The van der Waals surface area contributed by atoms with Crippen LogP contribution >= 0.6 is 0 Å². The summed E-state index contributed by atoms with van der Waals surface area (Å²) in [5.74, 6) is -0.943. The third-order valence-electron chi connectivity index (χ3n) is 3.65. The first-order valence-electron chi connectivity index (χ1n) is 7.28. The monoisotopic (exact) mass is 302 g/mol. The lowest BCUT2D eigenvalue weighted by Gasteiger charge is -2.10. The Balaban J connectivity index is 2.27. The molecule has 0 bridgehead atoms. The number of aliphatic imine (C=N–C) groups is 1. The summed E-state index contributed by atoms with van der Waals surface area (Å²) in [4.78, 5) is 5.78. The number of halogens is 2. The van der Waals surface area contributed by atoms with Crippen LogP contribution in [-0.2, 0) is 6.42 Å². The van der Waals surface area contributed by atoms with Gasteiger partial charge in [-0.25, -0.2) is 13.8 Å². The molecular formula is C18H20F2N2. The first-order chi connectivity index (χ1) is 10.5. The van der Waals surface area contributed by atoms with E-state index in [1.807, 2.05) is 45.2 Å². The van der Waals surface area contributed by atoms with Crippen LogP contribution in [0.2, 0.25) is 0 Å². The van der Waals surface area contributed by atoms with Gasteiger partial charge in [0, 0.05) is 26.1 Å². The van der Waals surface area contributed by atoms with Crippen LogP contribution in [0.5, 0.6) is 0 Å². The number of rotatable bonds is 5. The van der Waals surface area contributed by atoms with E-state index in [0.717, 1.165) is 23.7 Å². The molecule has 0 aliphatic heterocycles. The summed E-state index contributed by atoms with van der Waals surface area (Å²) >= 11 is 0. The molecule has 4 heteroatoms. The van der Waals surface area contributed by atoms with E-state index in [4.69, 9.17) is 0 Å². The lowest BCUT2D eigenvalue weighted by atomic mass is 10.00. The standard InChI is InChI=1S/C18H20F2N2/c1-4-22(3)12-21-18-11-16(19)15(10-17(18)20)9-14-8-6-5-7-13(14)2/h5-8,10-12H,4,9H2,1-3H3. The van der Waals surface area contributed by atoms with Gasteiger partial charge in [-0.3, -0.25) is 0 Å². The molecule has 0 unspecified atom stereocenters. The topological polar surface area (TPSA) is 15.6 Å². The van der Waals surface area contributed by atoms with Crippen molar-refractivity contribution >= 4 is 12.0 Å². The highest BCUT2D eigenvalue weighted by atomic mass is 19.1. The van der Waals surface area contributed by atoms with Gasteiger partial charge in [-0.2, -0.15) is 0 Å². The maximum atomic E-state index is 14.2. The van der Waals surface area contributed by atoms with Crippen molar-refractivity contribution in [1.82, 2.24) is 4.90 Å². The van der Waals surface area contributed by atoms with Crippen LogP contribution in [0, 0.1) is 18.6 Å². The van der Waals surface area contributed by atoms with Crippen molar-refractivity contribution in [2.45, 2.75) is 20.3 Å². The molecule has 0 aliphatic rings. The molecule has 2 aromatic rings. The Morgan fingerprint density at radius 1 is 1.09 bits per heavy atom. The summed E-state index contributed by atoms with van der Waals surface area (Å²) in [6.07, 6.45) is 1.87. The fourth-order valence-corrected chi connectivity index (χ4v) is 2.07. The summed E-state index contributed by atoms with van der Waals surface area (Å²) in [6, 6.07) is 10.1. The first-order valence-corrected chi connectivity index (χ1v) is 7.28. The zero-order valence-corrected chi connectivity index (χ0v) is 13.1. The second-order valence-corrected chi connectivity index (χ2v) is 5.32. The molecule has 0 aliphatic carbocycles. The maximum absolute atomic E-state index is 14.2. The molecule has 0 spiro atoms. The van der Waals surface area contributed by atoms with E-state index in [-0.39, 0.29) is 5.69 Å². The van der Waals surface area contributed by atoms with Gasteiger partial charge in [0.05, 0.1) is 6.34 Å². The molecule has 0 heterocycles. The van der Waals surface area contributed by atoms with Gasteiger partial charge in [0.25, 0.3) is 0 Å². The molecule has 2 rings (SSSR count). The van der Waals surface area contributed by atoms with E-state index in [1.165, 1.54) is 12.4 Å². The van der Waals surface area contributed by atoms with Gasteiger partial charge in [-0.15, -0.1) is 0 Å². The summed E-state index contributed by atoms with van der Waals surface area (Å²) in [5, 5.41) is 0. The van der Waals surface area contributed by atoms with E-state index in [9.17, 15) is 8.78 Å². The third kappa shape index (κ3) is 3.91. The van der Waals surface area contributed by atoms with Crippen LogP contribution in [0.15, 0.2) is 41.4 Å². The Labute approximate surface area is 130 Å². The molecule has 0 atom stereocenters.